The van der Waals surface area contributed by atoms with Crippen LogP contribution >= 0.6 is 0 Å². The Labute approximate surface area is 112 Å². The molecule has 0 radical (unpaired) electrons. The summed E-state index contributed by atoms with van der Waals surface area (Å²) in [7, 11) is 0. The minimum atomic E-state index is -0.0680. The van der Waals surface area contributed by atoms with Gasteiger partial charge in [0.15, 0.2) is 0 Å². The first-order chi connectivity index (χ1) is 9.04. The average Bonchev–Trinajstić information content (AvgIpc) is 2.69. The van der Waals surface area contributed by atoms with E-state index in [-0.39, 0.29) is 18.1 Å². The van der Waals surface area contributed by atoms with E-state index in [2.05, 4.69) is 5.10 Å². The minimum absolute atomic E-state index is 0.0132. The molecule has 0 unspecified atom stereocenters. The second-order valence-corrected chi connectivity index (χ2v) is 5.11. The van der Waals surface area contributed by atoms with Crippen molar-refractivity contribution in [3.05, 3.63) is 51.4 Å². The molecule has 4 nitrogen and oxygen atoms in total. The van der Waals surface area contributed by atoms with E-state index in [1.54, 1.807) is 4.68 Å². The lowest BCUT2D eigenvalue weighted by molar-refractivity contribution is 0.299. The van der Waals surface area contributed by atoms with Gasteiger partial charge < -0.3 is 5.11 Å². The van der Waals surface area contributed by atoms with Gasteiger partial charge in [0.1, 0.15) is 0 Å². The molecule has 0 aliphatic heterocycles. The van der Waals surface area contributed by atoms with Crippen molar-refractivity contribution in [2.24, 2.45) is 0 Å². The van der Waals surface area contributed by atoms with E-state index in [0.717, 1.165) is 16.9 Å². The van der Waals surface area contributed by atoms with Gasteiger partial charge in [-0.05, 0) is 25.0 Å². The number of aryl methyl sites for hydroxylation is 1. The lowest BCUT2D eigenvalue weighted by Gasteiger charge is -2.04. The molecule has 0 aliphatic rings. The number of nitrogens with one attached hydrogen (secondary N) is 1. The van der Waals surface area contributed by atoms with Crippen LogP contribution in [0.1, 0.15) is 36.6 Å². The van der Waals surface area contributed by atoms with Crippen molar-refractivity contribution < 1.29 is 5.11 Å². The second kappa shape index (κ2) is 5.45. The Morgan fingerprint density at radius 1 is 1.26 bits per heavy atom. The van der Waals surface area contributed by atoms with Crippen LogP contribution in [-0.2, 0) is 6.42 Å². The van der Waals surface area contributed by atoms with Gasteiger partial charge in [-0.2, -0.15) is 0 Å². The zero-order valence-corrected chi connectivity index (χ0v) is 11.6. The summed E-state index contributed by atoms with van der Waals surface area (Å²) in [5.41, 5.74) is 3.49. The van der Waals surface area contributed by atoms with Gasteiger partial charge in [0.25, 0.3) is 5.56 Å². The summed E-state index contributed by atoms with van der Waals surface area (Å²) in [6.45, 7) is 6.07. The van der Waals surface area contributed by atoms with E-state index in [9.17, 15) is 4.79 Å². The van der Waals surface area contributed by atoms with Gasteiger partial charge in [-0.25, -0.2) is 4.68 Å². The molecule has 4 heteroatoms. The molecular formula is C15H20N2O2. The van der Waals surface area contributed by atoms with E-state index < -0.39 is 0 Å². The maximum absolute atomic E-state index is 12.4. The van der Waals surface area contributed by atoms with E-state index in [1.807, 2.05) is 45.0 Å². The largest absolute Gasteiger partial charge is 0.396 e. The fourth-order valence-electron chi connectivity index (χ4n) is 2.20. The second-order valence-electron chi connectivity index (χ2n) is 5.11. The lowest BCUT2D eigenvalue weighted by Crippen LogP contribution is -2.18. The van der Waals surface area contributed by atoms with Crippen LogP contribution in [0, 0.1) is 6.92 Å². The highest BCUT2D eigenvalue weighted by Gasteiger charge is 2.16. The molecule has 0 fully saturated rings. The Morgan fingerprint density at radius 3 is 2.42 bits per heavy atom. The normalized spacial score (nSPS) is 11.2. The molecule has 0 saturated carbocycles. The van der Waals surface area contributed by atoms with Crippen molar-refractivity contribution in [1.29, 1.82) is 0 Å². The van der Waals surface area contributed by atoms with Gasteiger partial charge in [-0.1, -0.05) is 31.5 Å². The standard InChI is InChI=1S/C15H20N2O2/c1-10(2)14-13(8-9-18)15(19)17(16-14)12-6-4-11(3)5-7-12/h4-7,10,16,18H,8-9H2,1-3H3. The maximum atomic E-state index is 12.4. The monoisotopic (exact) mass is 260 g/mol. The number of aromatic nitrogens is 2. The number of benzene rings is 1. The zero-order chi connectivity index (χ0) is 14.0. The van der Waals surface area contributed by atoms with Gasteiger partial charge in [0.2, 0.25) is 0 Å². The van der Waals surface area contributed by atoms with Crippen molar-refractivity contribution in [3.8, 4) is 5.69 Å². The van der Waals surface area contributed by atoms with E-state index in [4.69, 9.17) is 5.11 Å². The van der Waals surface area contributed by atoms with Crippen LogP contribution in [0.5, 0.6) is 0 Å². The lowest BCUT2D eigenvalue weighted by atomic mass is 10.0. The summed E-state index contributed by atoms with van der Waals surface area (Å²) in [4.78, 5) is 12.4. The molecule has 1 heterocycles. The van der Waals surface area contributed by atoms with E-state index in [1.165, 1.54) is 0 Å². The summed E-state index contributed by atoms with van der Waals surface area (Å²) < 4.78 is 1.56. The van der Waals surface area contributed by atoms with Gasteiger partial charge in [-0.3, -0.25) is 9.89 Å². The van der Waals surface area contributed by atoms with E-state index in [0.29, 0.717) is 12.0 Å². The topological polar surface area (TPSA) is 58.0 Å². The first-order valence-corrected chi connectivity index (χ1v) is 6.56. The molecule has 1 aromatic heterocycles. The van der Waals surface area contributed by atoms with Crippen LogP contribution in [0.3, 0.4) is 0 Å². The number of aliphatic hydroxyl groups excluding tert-OH is 1. The highest BCUT2D eigenvalue weighted by atomic mass is 16.3. The summed E-state index contributed by atoms with van der Waals surface area (Å²) in [5, 5.41) is 12.3. The zero-order valence-electron chi connectivity index (χ0n) is 11.6. The SMILES string of the molecule is Cc1ccc(-n2[nH]c(C(C)C)c(CCO)c2=O)cc1. The highest BCUT2D eigenvalue weighted by molar-refractivity contribution is 5.35. The quantitative estimate of drug-likeness (QED) is 0.884. The fourth-order valence-corrected chi connectivity index (χ4v) is 2.20. The average molecular weight is 260 g/mol. The summed E-state index contributed by atoms with van der Waals surface area (Å²) >= 11 is 0. The molecule has 19 heavy (non-hydrogen) atoms. The van der Waals surface area contributed by atoms with Crippen LogP contribution in [0.2, 0.25) is 0 Å². The number of aliphatic hydroxyl groups is 1. The molecule has 0 amide bonds. The van der Waals surface area contributed by atoms with Crippen LogP contribution < -0.4 is 5.56 Å². The van der Waals surface area contributed by atoms with Gasteiger partial charge in [0.05, 0.1) is 5.69 Å². The molecule has 0 aliphatic carbocycles. The summed E-state index contributed by atoms with van der Waals surface area (Å²) in [5.74, 6) is 0.223. The van der Waals surface area contributed by atoms with Crippen LogP contribution in [0.4, 0.5) is 0 Å². The Balaban J connectivity index is 2.55. The maximum Gasteiger partial charge on any atom is 0.274 e. The Hall–Kier alpha value is -1.81. The number of hydrogen-bond donors (Lipinski definition) is 2. The molecule has 2 aromatic rings. The molecule has 0 spiro atoms. The smallest absolute Gasteiger partial charge is 0.274 e. The Kier molecular flexibility index (Phi) is 3.90. The number of nitrogens with zero attached hydrogens (tertiary/aromatic N) is 1. The third-order valence-electron chi connectivity index (χ3n) is 3.25. The van der Waals surface area contributed by atoms with Gasteiger partial charge in [-0.15, -0.1) is 0 Å². The highest BCUT2D eigenvalue weighted by Crippen LogP contribution is 2.17. The molecule has 0 saturated heterocycles. The number of H-pyrrole nitrogens is 1. The van der Waals surface area contributed by atoms with Crippen molar-refractivity contribution in [2.75, 3.05) is 6.61 Å². The van der Waals surface area contributed by atoms with Crippen LogP contribution in [-0.4, -0.2) is 21.5 Å². The predicted octanol–water partition coefficient (Wildman–Crippen LogP) is 2.13. The van der Waals surface area contributed by atoms with Crippen molar-refractivity contribution >= 4 is 0 Å². The third-order valence-corrected chi connectivity index (χ3v) is 3.25. The van der Waals surface area contributed by atoms with Crippen LogP contribution in [0.15, 0.2) is 29.1 Å². The molecule has 1 aromatic carbocycles. The van der Waals surface area contributed by atoms with Gasteiger partial charge >= 0.3 is 0 Å². The fraction of sp³-hybridized carbons (Fsp3) is 0.400. The van der Waals surface area contributed by atoms with Crippen molar-refractivity contribution in [3.63, 3.8) is 0 Å². The molecular weight excluding hydrogens is 240 g/mol. The van der Waals surface area contributed by atoms with E-state index >= 15 is 0 Å². The predicted molar refractivity (Wildman–Crippen MR) is 76.0 cm³/mol. The van der Waals surface area contributed by atoms with Crippen LogP contribution in [0.25, 0.3) is 5.69 Å². The molecule has 0 bridgehead atoms. The molecule has 0 atom stereocenters. The number of rotatable bonds is 4. The minimum Gasteiger partial charge on any atom is -0.396 e. The first-order valence-electron chi connectivity index (χ1n) is 6.56. The summed E-state index contributed by atoms with van der Waals surface area (Å²) in [6, 6.07) is 7.78. The first kappa shape index (κ1) is 13.6. The van der Waals surface area contributed by atoms with Crippen molar-refractivity contribution in [1.82, 2.24) is 9.78 Å². The van der Waals surface area contributed by atoms with Crippen molar-refractivity contribution in [2.45, 2.75) is 33.1 Å². The molecule has 102 valence electrons. The molecule has 2 rings (SSSR count). The molecule has 2 N–H and O–H groups in total. The summed E-state index contributed by atoms with van der Waals surface area (Å²) in [6.07, 6.45) is 0.391. The third kappa shape index (κ3) is 2.63. The number of aromatic amines is 1. The van der Waals surface area contributed by atoms with Gasteiger partial charge in [0, 0.05) is 24.3 Å². The number of hydrogen-bond acceptors (Lipinski definition) is 2. The Bertz CT molecular complexity index is 606. The Morgan fingerprint density at radius 2 is 1.89 bits per heavy atom.